The highest BCUT2D eigenvalue weighted by molar-refractivity contribution is 5.80. The first kappa shape index (κ1) is 15.8. The summed E-state index contributed by atoms with van der Waals surface area (Å²) >= 11 is 0. The van der Waals surface area contributed by atoms with Crippen LogP contribution in [0.5, 0.6) is 5.75 Å². The molecule has 2 rings (SSSR count). The number of carbonyl (C=O) groups is 1. The Morgan fingerprint density at radius 3 is 2.48 bits per heavy atom. The van der Waals surface area contributed by atoms with Gasteiger partial charge in [0.25, 0.3) is 5.91 Å². The maximum Gasteiger partial charge on any atom is 0.263 e. The standard InChI is InChI=1S/C17H26N2O2/c1-13(18)15-8-7-9-16(12-15)21-14(2)17(20)19-10-5-3-4-6-11-19/h7-9,12-14H,3-6,10-11,18H2,1-2H3. The van der Waals surface area contributed by atoms with Crippen molar-refractivity contribution in [3.05, 3.63) is 29.8 Å². The van der Waals surface area contributed by atoms with Gasteiger partial charge in [0.15, 0.2) is 6.10 Å². The summed E-state index contributed by atoms with van der Waals surface area (Å²) in [5, 5.41) is 0. The largest absolute Gasteiger partial charge is 0.481 e. The van der Waals surface area contributed by atoms with Gasteiger partial charge in [0.1, 0.15) is 5.75 Å². The topological polar surface area (TPSA) is 55.6 Å². The first-order valence-corrected chi connectivity index (χ1v) is 7.89. The van der Waals surface area contributed by atoms with Crippen LogP contribution < -0.4 is 10.5 Å². The van der Waals surface area contributed by atoms with Crippen molar-refractivity contribution in [3.63, 3.8) is 0 Å². The van der Waals surface area contributed by atoms with Crippen molar-refractivity contribution in [2.45, 2.75) is 51.7 Å². The predicted octanol–water partition coefficient (Wildman–Crippen LogP) is 2.88. The summed E-state index contributed by atoms with van der Waals surface area (Å²) in [5.41, 5.74) is 6.89. The van der Waals surface area contributed by atoms with Crippen LogP contribution in [0.2, 0.25) is 0 Å². The lowest BCUT2D eigenvalue weighted by atomic mass is 10.1. The Balaban J connectivity index is 1.98. The number of nitrogens with two attached hydrogens (primary N) is 1. The van der Waals surface area contributed by atoms with Gasteiger partial charge in [0.05, 0.1) is 0 Å². The second-order valence-corrected chi connectivity index (χ2v) is 5.86. The van der Waals surface area contributed by atoms with Gasteiger partial charge in [-0.05, 0) is 44.4 Å². The Labute approximate surface area is 127 Å². The Morgan fingerprint density at radius 1 is 1.19 bits per heavy atom. The van der Waals surface area contributed by atoms with Gasteiger partial charge in [0.2, 0.25) is 0 Å². The Bertz CT molecular complexity index is 466. The van der Waals surface area contributed by atoms with Gasteiger partial charge in [-0.3, -0.25) is 4.79 Å². The van der Waals surface area contributed by atoms with Crippen LogP contribution in [0.4, 0.5) is 0 Å². The number of rotatable bonds is 4. The molecule has 1 amide bonds. The van der Waals surface area contributed by atoms with Crippen molar-refractivity contribution >= 4 is 5.91 Å². The van der Waals surface area contributed by atoms with Gasteiger partial charge in [-0.15, -0.1) is 0 Å². The van der Waals surface area contributed by atoms with Crippen molar-refractivity contribution in [3.8, 4) is 5.75 Å². The number of likely N-dealkylation sites (tertiary alicyclic amines) is 1. The Hall–Kier alpha value is -1.55. The number of ether oxygens (including phenoxy) is 1. The van der Waals surface area contributed by atoms with Crippen LogP contribution in [0.3, 0.4) is 0 Å². The van der Waals surface area contributed by atoms with E-state index in [2.05, 4.69) is 0 Å². The molecule has 1 heterocycles. The fourth-order valence-electron chi connectivity index (χ4n) is 2.67. The third kappa shape index (κ3) is 4.46. The molecule has 0 spiro atoms. The maximum atomic E-state index is 12.5. The molecule has 0 bridgehead atoms. The molecule has 2 N–H and O–H groups in total. The van der Waals surface area contributed by atoms with E-state index >= 15 is 0 Å². The Kier molecular flexibility index (Phi) is 5.62. The molecule has 1 aromatic rings. The molecular weight excluding hydrogens is 264 g/mol. The molecule has 116 valence electrons. The fraction of sp³-hybridized carbons (Fsp3) is 0.588. The molecular formula is C17H26N2O2. The summed E-state index contributed by atoms with van der Waals surface area (Å²) in [4.78, 5) is 14.4. The van der Waals surface area contributed by atoms with Crippen LogP contribution in [0.15, 0.2) is 24.3 Å². The van der Waals surface area contributed by atoms with Crippen molar-refractivity contribution in [2.24, 2.45) is 5.73 Å². The van der Waals surface area contributed by atoms with E-state index in [1.807, 2.05) is 43.0 Å². The second kappa shape index (κ2) is 7.46. The molecule has 1 aromatic carbocycles. The van der Waals surface area contributed by atoms with E-state index in [4.69, 9.17) is 10.5 Å². The summed E-state index contributed by atoms with van der Waals surface area (Å²) < 4.78 is 5.81. The molecule has 21 heavy (non-hydrogen) atoms. The van der Waals surface area contributed by atoms with E-state index in [0.717, 1.165) is 31.5 Å². The molecule has 2 unspecified atom stereocenters. The minimum atomic E-state index is -0.452. The Morgan fingerprint density at radius 2 is 1.86 bits per heavy atom. The SMILES string of the molecule is CC(Oc1cccc(C(C)N)c1)C(=O)N1CCCCCC1. The van der Waals surface area contributed by atoms with Gasteiger partial charge >= 0.3 is 0 Å². The minimum Gasteiger partial charge on any atom is -0.481 e. The van der Waals surface area contributed by atoms with Crippen LogP contribution >= 0.6 is 0 Å². The molecule has 1 aliphatic heterocycles. The van der Waals surface area contributed by atoms with E-state index in [1.54, 1.807) is 0 Å². The number of amides is 1. The normalized spacial score (nSPS) is 18.7. The highest BCUT2D eigenvalue weighted by Gasteiger charge is 2.22. The molecule has 2 atom stereocenters. The van der Waals surface area contributed by atoms with Gasteiger partial charge in [0, 0.05) is 19.1 Å². The maximum absolute atomic E-state index is 12.5. The molecule has 0 radical (unpaired) electrons. The molecule has 1 fully saturated rings. The van der Waals surface area contributed by atoms with Gasteiger partial charge in [-0.25, -0.2) is 0 Å². The smallest absolute Gasteiger partial charge is 0.263 e. The molecule has 1 saturated heterocycles. The molecule has 0 saturated carbocycles. The van der Waals surface area contributed by atoms with Crippen molar-refractivity contribution in [1.29, 1.82) is 0 Å². The number of nitrogens with zero attached hydrogens (tertiary/aromatic N) is 1. The third-order valence-corrected chi connectivity index (χ3v) is 3.96. The fourth-order valence-corrected chi connectivity index (χ4v) is 2.67. The van der Waals surface area contributed by atoms with Crippen LogP contribution in [-0.4, -0.2) is 30.0 Å². The summed E-state index contributed by atoms with van der Waals surface area (Å²) in [6.45, 7) is 5.47. The van der Waals surface area contributed by atoms with Crippen LogP contribution in [0, 0.1) is 0 Å². The molecule has 0 aromatic heterocycles. The molecule has 4 heteroatoms. The lowest BCUT2D eigenvalue weighted by Crippen LogP contribution is -2.41. The van der Waals surface area contributed by atoms with E-state index < -0.39 is 6.10 Å². The predicted molar refractivity (Wildman–Crippen MR) is 84.2 cm³/mol. The van der Waals surface area contributed by atoms with E-state index in [0.29, 0.717) is 5.75 Å². The number of carbonyl (C=O) groups excluding carboxylic acids is 1. The van der Waals surface area contributed by atoms with Crippen LogP contribution in [-0.2, 0) is 4.79 Å². The number of hydrogen-bond acceptors (Lipinski definition) is 3. The zero-order chi connectivity index (χ0) is 15.2. The highest BCUT2D eigenvalue weighted by atomic mass is 16.5. The zero-order valence-electron chi connectivity index (χ0n) is 13.0. The number of benzene rings is 1. The average molecular weight is 290 g/mol. The summed E-state index contributed by atoms with van der Waals surface area (Å²) in [7, 11) is 0. The van der Waals surface area contributed by atoms with Gasteiger partial charge in [-0.1, -0.05) is 25.0 Å². The zero-order valence-corrected chi connectivity index (χ0v) is 13.0. The van der Waals surface area contributed by atoms with Gasteiger partial charge < -0.3 is 15.4 Å². The quantitative estimate of drug-likeness (QED) is 0.927. The first-order valence-electron chi connectivity index (χ1n) is 7.89. The summed E-state index contributed by atoms with van der Waals surface area (Å²) in [6, 6.07) is 7.63. The van der Waals surface area contributed by atoms with E-state index in [9.17, 15) is 4.79 Å². The highest BCUT2D eigenvalue weighted by Crippen LogP contribution is 2.20. The van der Waals surface area contributed by atoms with Gasteiger partial charge in [-0.2, -0.15) is 0 Å². The van der Waals surface area contributed by atoms with E-state index in [1.165, 1.54) is 12.8 Å². The molecule has 1 aliphatic rings. The monoisotopic (exact) mass is 290 g/mol. The molecule has 0 aliphatic carbocycles. The third-order valence-electron chi connectivity index (χ3n) is 3.96. The van der Waals surface area contributed by atoms with Crippen LogP contribution in [0.1, 0.15) is 51.1 Å². The summed E-state index contributed by atoms with van der Waals surface area (Å²) in [5.74, 6) is 0.795. The van der Waals surface area contributed by atoms with Crippen molar-refractivity contribution in [1.82, 2.24) is 4.90 Å². The first-order chi connectivity index (χ1) is 10.1. The van der Waals surface area contributed by atoms with Crippen molar-refractivity contribution in [2.75, 3.05) is 13.1 Å². The van der Waals surface area contributed by atoms with Crippen molar-refractivity contribution < 1.29 is 9.53 Å². The van der Waals surface area contributed by atoms with Crippen LogP contribution in [0.25, 0.3) is 0 Å². The molecule has 4 nitrogen and oxygen atoms in total. The second-order valence-electron chi connectivity index (χ2n) is 5.86. The minimum absolute atomic E-state index is 0.0369. The summed E-state index contributed by atoms with van der Waals surface area (Å²) in [6.07, 6.45) is 4.17. The lowest BCUT2D eigenvalue weighted by Gasteiger charge is -2.24. The lowest BCUT2D eigenvalue weighted by molar-refractivity contribution is -0.137. The number of hydrogen-bond donors (Lipinski definition) is 1. The van der Waals surface area contributed by atoms with E-state index in [-0.39, 0.29) is 11.9 Å². The average Bonchev–Trinajstić information content (AvgIpc) is 2.75.